The predicted octanol–water partition coefficient (Wildman–Crippen LogP) is 1.95. The number of rotatable bonds is 4. The molecule has 0 spiro atoms. The minimum absolute atomic E-state index is 0.0905. The minimum atomic E-state index is -0.271. The number of anilines is 1. The first kappa shape index (κ1) is 13.4. The van der Waals surface area contributed by atoms with E-state index in [0.717, 1.165) is 43.8 Å². The quantitative estimate of drug-likeness (QED) is 0.876. The van der Waals surface area contributed by atoms with Gasteiger partial charge in [0.1, 0.15) is 5.01 Å². The largest absolute Gasteiger partial charge is 0.316 e. The number of nitrogens with one attached hydrogen (secondary N) is 2. The van der Waals surface area contributed by atoms with E-state index in [1.165, 1.54) is 11.3 Å². The van der Waals surface area contributed by atoms with Crippen molar-refractivity contribution >= 4 is 22.4 Å². The lowest BCUT2D eigenvalue weighted by Crippen LogP contribution is -2.48. The van der Waals surface area contributed by atoms with Crippen molar-refractivity contribution in [2.24, 2.45) is 5.41 Å². The lowest BCUT2D eigenvalue weighted by molar-refractivity contribution is -0.127. The summed E-state index contributed by atoms with van der Waals surface area (Å²) in [5.74, 6) is 0.0905. The highest BCUT2D eigenvalue weighted by Gasteiger charge is 2.38. The van der Waals surface area contributed by atoms with Gasteiger partial charge >= 0.3 is 0 Å². The van der Waals surface area contributed by atoms with E-state index in [9.17, 15) is 4.79 Å². The van der Waals surface area contributed by atoms with Gasteiger partial charge in [-0.05, 0) is 32.7 Å². The van der Waals surface area contributed by atoms with Crippen LogP contribution in [0.3, 0.4) is 0 Å². The van der Waals surface area contributed by atoms with E-state index in [1.807, 2.05) is 6.92 Å². The molecule has 0 aliphatic carbocycles. The van der Waals surface area contributed by atoms with Gasteiger partial charge in [-0.2, -0.15) is 0 Å². The summed E-state index contributed by atoms with van der Waals surface area (Å²) in [6.45, 7) is 5.79. The van der Waals surface area contributed by atoms with Crippen LogP contribution in [0.4, 0.5) is 5.13 Å². The summed E-state index contributed by atoms with van der Waals surface area (Å²) >= 11 is 1.42. The summed E-state index contributed by atoms with van der Waals surface area (Å²) in [5, 5.41) is 15.6. The summed E-state index contributed by atoms with van der Waals surface area (Å²) in [6.07, 6.45) is 3.95. The molecule has 1 aromatic rings. The van der Waals surface area contributed by atoms with Crippen LogP contribution >= 0.6 is 11.3 Å². The Bertz CT molecular complexity index is 406. The van der Waals surface area contributed by atoms with E-state index in [4.69, 9.17) is 0 Å². The monoisotopic (exact) mass is 268 g/mol. The number of nitrogens with zero attached hydrogens (tertiary/aromatic N) is 2. The number of carbonyl (C=O) groups excluding carboxylic acids is 1. The Hall–Kier alpha value is -1.01. The normalized spacial score (nSPS) is 23.9. The smallest absolute Gasteiger partial charge is 0.233 e. The average molecular weight is 268 g/mol. The van der Waals surface area contributed by atoms with Gasteiger partial charge in [0, 0.05) is 6.54 Å². The molecule has 6 heteroatoms. The first-order chi connectivity index (χ1) is 8.66. The van der Waals surface area contributed by atoms with Crippen LogP contribution in [-0.4, -0.2) is 29.2 Å². The second-order valence-electron chi connectivity index (χ2n) is 4.89. The molecule has 2 rings (SSSR count). The van der Waals surface area contributed by atoms with Crippen LogP contribution in [0.5, 0.6) is 0 Å². The lowest BCUT2D eigenvalue weighted by Gasteiger charge is -2.35. The van der Waals surface area contributed by atoms with Gasteiger partial charge in [0.15, 0.2) is 0 Å². The molecule has 0 bridgehead atoms. The molecule has 2 N–H and O–H groups in total. The molecule has 0 radical (unpaired) electrons. The highest BCUT2D eigenvalue weighted by Crippen LogP contribution is 2.33. The topological polar surface area (TPSA) is 66.9 Å². The molecular weight excluding hydrogens is 248 g/mol. The van der Waals surface area contributed by atoms with Crippen molar-refractivity contribution in [2.45, 2.75) is 39.5 Å². The maximum Gasteiger partial charge on any atom is 0.233 e. The molecule has 1 aliphatic rings. The Kier molecular flexibility index (Phi) is 4.29. The second kappa shape index (κ2) is 5.75. The van der Waals surface area contributed by atoms with E-state index < -0.39 is 0 Å². The molecule has 1 aliphatic heterocycles. The first-order valence-corrected chi connectivity index (χ1v) is 7.30. The summed E-state index contributed by atoms with van der Waals surface area (Å²) in [5.41, 5.74) is -0.271. The summed E-state index contributed by atoms with van der Waals surface area (Å²) in [6, 6.07) is 0. The summed E-state index contributed by atoms with van der Waals surface area (Å²) in [4.78, 5) is 12.5. The standard InChI is InChI=1S/C12H20N4OS/c1-3-5-12(6-4-7-13-8-12)10(17)14-11-16-15-9(2)18-11/h13H,3-8H2,1-2H3,(H,14,16,17). The number of aromatic nitrogens is 2. The van der Waals surface area contributed by atoms with Gasteiger partial charge in [-0.15, -0.1) is 10.2 Å². The maximum absolute atomic E-state index is 12.5. The second-order valence-corrected chi connectivity index (χ2v) is 6.07. The molecule has 0 saturated carbocycles. The Morgan fingerprint density at radius 2 is 2.39 bits per heavy atom. The molecule has 1 aromatic heterocycles. The van der Waals surface area contributed by atoms with Crippen molar-refractivity contribution in [1.29, 1.82) is 0 Å². The highest BCUT2D eigenvalue weighted by molar-refractivity contribution is 7.15. The van der Waals surface area contributed by atoms with Crippen LogP contribution < -0.4 is 10.6 Å². The molecule has 2 heterocycles. The molecule has 1 fully saturated rings. The maximum atomic E-state index is 12.5. The van der Waals surface area contributed by atoms with Crippen LogP contribution in [0.1, 0.15) is 37.6 Å². The van der Waals surface area contributed by atoms with Crippen molar-refractivity contribution in [1.82, 2.24) is 15.5 Å². The highest BCUT2D eigenvalue weighted by atomic mass is 32.1. The van der Waals surface area contributed by atoms with Crippen molar-refractivity contribution in [3.63, 3.8) is 0 Å². The third kappa shape index (κ3) is 2.87. The van der Waals surface area contributed by atoms with Crippen LogP contribution in [0, 0.1) is 12.3 Å². The number of hydrogen-bond donors (Lipinski definition) is 2. The van der Waals surface area contributed by atoms with Gasteiger partial charge in [-0.3, -0.25) is 10.1 Å². The van der Waals surface area contributed by atoms with Crippen molar-refractivity contribution in [2.75, 3.05) is 18.4 Å². The van der Waals surface area contributed by atoms with Crippen molar-refractivity contribution in [3.05, 3.63) is 5.01 Å². The van der Waals surface area contributed by atoms with E-state index >= 15 is 0 Å². The minimum Gasteiger partial charge on any atom is -0.316 e. The van der Waals surface area contributed by atoms with Gasteiger partial charge in [-0.1, -0.05) is 24.7 Å². The number of hydrogen-bond acceptors (Lipinski definition) is 5. The molecule has 1 saturated heterocycles. The van der Waals surface area contributed by atoms with E-state index in [-0.39, 0.29) is 11.3 Å². The van der Waals surface area contributed by atoms with Gasteiger partial charge < -0.3 is 5.32 Å². The number of piperidine rings is 1. The Balaban J connectivity index is 2.08. The van der Waals surface area contributed by atoms with Crippen LogP contribution in [0.2, 0.25) is 0 Å². The van der Waals surface area contributed by atoms with Crippen LogP contribution in [-0.2, 0) is 4.79 Å². The summed E-state index contributed by atoms with van der Waals surface area (Å²) < 4.78 is 0. The zero-order valence-corrected chi connectivity index (χ0v) is 11.8. The average Bonchev–Trinajstić information content (AvgIpc) is 2.76. The zero-order chi connectivity index (χ0) is 13.0. The third-order valence-corrected chi connectivity index (χ3v) is 4.18. The molecule has 1 atom stereocenters. The molecule has 0 aromatic carbocycles. The summed E-state index contributed by atoms with van der Waals surface area (Å²) in [7, 11) is 0. The van der Waals surface area contributed by atoms with E-state index in [1.54, 1.807) is 0 Å². The van der Waals surface area contributed by atoms with Gasteiger partial charge in [0.2, 0.25) is 11.0 Å². The molecule has 1 amide bonds. The van der Waals surface area contributed by atoms with Gasteiger partial charge in [0.05, 0.1) is 5.41 Å². The molecule has 5 nitrogen and oxygen atoms in total. The predicted molar refractivity (Wildman–Crippen MR) is 72.7 cm³/mol. The van der Waals surface area contributed by atoms with E-state index in [0.29, 0.717) is 5.13 Å². The van der Waals surface area contributed by atoms with Crippen molar-refractivity contribution < 1.29 is 4.79 Å². The zero-order valence-electron chi connectivity index (χ0n) is 11.0. The fourth-order valence-electron chi connectivity index (χ4n) is 2.54. The number of carbonyl (C=O) groups is 1. The SMILES string of the molecule is CCCC1(C(=O)Nc2nnc(C)s2)CCCNC1. The van der Waals surface area contributed by atoms with Crippen LogP contribution in [0.15, 0.2) is 0 Å². The first-order valence-electron chi connectivity index (χ1n) is 6.48. The van der Waals surface area contributed by atoms with Gasteiger partial charge in [0.25, 0.3) is 0 Å². The van der Waals surface area contributed by atoms with Crippen molar-refractivity contribution in [3.8, 4) is 0 Å². The fourth-order valence-corrected chi connectivity index (χ4v) is 3.13. The molecule has 100 valence electrons. The molecule has 1 unspecified atom stereocenters. The molecule has 18 heavy (non-hydrogen) atoms. The molecular formula is C12H20N4OS. The number of amides is 1. The van der Waals surface area contributed by atoms with E-state index in [2.05, 4.69) is 27.8 Å². The third-order valence-electron chi connectivity index (χ3n) is 3.43. The lowest BCUT2D eigenvalue weighted by atomic mass is 9.76. The van der Waals surface area contributed by atoms with Crippen LogP contribution in [0.25, 0.3) is 0 Å². The van der Waals surface area contributed by atoms with Gasteiger partial charge in [-0.25, -0.2) is 0 Å². The Labute approximate surface area is 111 Å². The fraction of sp³-hybridized carbons (Fsp3) is 0.750. The number of aryl methyl sites for hydroxylation is 1. The Morgan fingerprint density at radius 3 is 2.94 bits per heavy atom. The Morgan fingerprint density at radius 1 is 1.56 bits per heavy atom.